The summed E-state index contributed by atoms with van der Waals surface area (Å²) in [6.07, 6.45) is 1.28. The molecule has 0 amide bonds. The Kier molecular flexibility index (Phi) is 2.87. The van der Waals surface area contributed by atoms with Crippen LogP contribution in [0.2, 0.25) is 0 Å². The Bertz CT molecular complexity index is 430. The summed E-state index contributed by atoms with van der Waals surface area (Å²) < 4.78 is 0. The van der Waals surface area contributed by atoms with Crippen LogP contribution in [0, 0.1) is 11.3 Å². The minimum Gasteiger partial charge on any atom is -0.477 e. The van der Waals surface area contributed by atoms with E-state index in [-0.39, 0.29) is 5.57 Å². The van der Waals surface area contributed by atoms with Crippen LogP contribution in [0.5, 0.6) is 0 Å². The third kappa shape index (κ3) is 2.35. The van der Waals surface area contributed by atoms with Gasteiger partial charge in [-0.25, -0.2) is 4.79 Å². The first-order valence-corrected chi connectivity index (χ1v) is 3.84. The number of nitrogen functional groups attached to an aromatic ring is 1. The number of hydrogen-bond acceptors (Lipinski definition) is 3. The standard InChI is InChI=1S/C10H8N2O2/c11-6-8(10(13)14)4-7-2-1-3-9(12)5-7/h1-5H,12H2,(H,13,14)/b8-4+. The first-order chi connectivity index (χ1) is 6.63. The molecule has 70 valence electrons. The van der Waals surface area contributed by atoms with Gasteiger partial charge in [0.15, 0.2) is 0 Å². The second-order valence-corrected chi connectivity index (χ2v) is 2.65. The van der Waals surface area contributed by atoms with E-state index in [1.165, 1.54) is 6.08 Å². The number of anilines is 1. The summed E-state index contributed by atoms with van der Waals surface area (Å²) in [7, 11) is 0. The van der Waals surface area contributed by atoms with Gasteiger partial charge in [0.25, 0.3) is 0 Å². The summed E-state index contributed by atoms with van der Waals surface area (Å²) in [5.74, 6) is -1.24. The van der Waals surface area contributed by atoms with Gasteiger partial charge >= 0.3 is 5.97 Å². The molecule has 0 aliphatic heterocycles. The Morgan fingerprint density at radius 2 is 2.29 bits per heavy atom. The first kappa shape index (κ1) is 9.81. The third-order valence-electron chi connectivity index (χ3n) is 1.57. The maximum absolute atomic E-state index is 10.5. The number of carboxylic acids is 1. The van der Waals surface area contributed by atoms with Crippen molar-refractivity contribution in [2.24, 2.45) is 0 Å². The van der Waals surface area contributed by atoms with E-state index < -0.39 is 5.97 Å². The lowest BCUT2D eigenvalue weighted by atomic mass is 10.1. The van der Waals surface area contributed by atoms with Crippen molar-refractivity contribution < 1.29 is 9.90 Å². The van der Waals surface area contributed by atoms with Gasteiger partial charge < -0.3 is 10.8 Å². The SMILES string of the molecule is N#C/C(=C\c1cccc(N)c1)C(=O)O. The number of nitriles is 1. The molecule has 0 saturated heterocycles. The molecule has 0 aliphatic carbocycles. The van der Waals surface area contributed by atoms with E-state index in [0.29, 0.717) is 11.3 Å². The molecule has 1 rings (SSSR count). The van der Waals surface area contributed by atoms with Gasteiger partial charge in [0.05, 0.1) is 0 Å². The number of carboxylic acid groups (broad SMARTS) is 1. The van der Waals surface area contributed by atoms with E-state index >= 15 is 0 Å². The average molecular weight is 188 g/mol. The Labute approximate surface area is 80.9 Å². The fraction of sp³-hybridized carbons (Fsp3) is 0. The van der Waals surface area contributed by atoms with Crippen molar-refractivity contribution in [3.8, 4) is 6.07 Å². The normalized spacial score (nSPS) is 10.6. The number of carbonyl (C=O) groups is 1. The van der Waals surface area contributed by atoms with E-state index in [1.54, 1.807) is 30.3 Å². The molecular formula is C10H8N2O2. The Balaban J connectivity index is 3.08. The number of rotatable bonds is 2. The van der Waals surface area contributed by atoms with Crippen LogP contribution < -0.4 is 5.73 Å². The maximum Gasteiger partial charge on any atom is 0.346 e. The smallest absolute Gasteiger partial charge is 0.346 e. The van der Waals surface area contributed by atoms with Crippen LogP contribution in [-0.2, 0) is 4.79 Å². The van der Waals surface area contributed by atoms with Gasteiger partial charge in [0.2, 0.25) is 0 Å². The average Bonchev–Trinajstić information content (AvgIpc) is 2.14. The van der Waals surface area contributed by atoms with Crippen molar-refractivity contribution in [2.45, 2.75) is 0 Å². The molecule has 0 atom stereocenters. The van der Waals surface area contributed by atoms with Gasteiger partial charge in [-0.05, 0) is 23.8 Å². The van der Waals surface area contributed by atoms with E-state index in [0.717, 1.165) is 0 Å². The molecule has 0 saturated carbocycles. The van der Waals surface area contributed by atoms with Crippen molar-refractivity contribution in [1.29, 1.82) is 5.26 Å². The van der Waals surface area contributed by atoms with Crippen LogP contribution >= 0.6 is 0 Å². The second kappa shape index (κ2) is 4.10. The lowest BCUT2D eigenvalue weighted by Crippen LogP contribution is -1.97. The molecule has 0 unspecified atom stereocenters. The molecule has 0 heterocycles. The molecule has 0 aliphatic rings. The number of benzene rings is 1. The number of nitrogens with two attached hydrogens (primary N) is 1. The Hall–Kier alpha value is -2.28. The van der Waals surface area contributed by atoms with Crippen molar-refractivity contribution >= 4 is 17.7 Å². The highest BCUT2D eigenvalue weighted by Crippen LogP contribution is 2.10. The van der Waals surface area contributed by atoms with E-state index in [1.807, 2.05) is 0 Å². The molecular weight excluding hydrogens is 180 g/mol. The van der Waals surface area contributed by atoms with Gasteiger partial charge in [-0.3, -0.25) is 0 Å². The number of nitrogens with zero attached hydrogens (tertiary/aromatic N) is 1. The topological polar surface area (TPSA) is 87.1 Å². The molecule has 1 aromatic rings. The largest absolute Gasteiger partial charge is 0.477 e. The van der Waals surface area contributed by atoms with Gasteiger partial charge in [0.1, 0.15) is 11.6 Å². The van der Waals surface area contributed by atoms with E-state index in [9.17, 15) is 4.79 Å². The lowest BCUT2D eigenvalue weighted by Gasteiger charge is -1.95. The molecule has 0 fully saturated rings. The van der Waals surface area contributed by atoms with Crippen molar-refractivity contribution in [1.82, 2.24) is 0 Å². The third-order valence-corrected chi connectivity index (χ3v) is 1.57. The fourth-order valence-electron chi connectivity index (χ4n) is 0.957. The highest BCUT2D eigenvalue weighted by atomic mass is 16.4. The molecule has 4 nitrogen and oxygen atoms in total. The minimum atomic E-state index is -1.24. The van der Waals surface area contributed by atoms with Crippen molar-refractivity contribution in [2.75, 3.05) is 5.73 Å². The Morgan fingerprint density at radius 1 is 1.57 bits per heavy atom. The summed E-state index contributed by atoms with van der Waals surface area (Å²) in [6, 6.07) is 8.24. The van der Waals surface area contributed by atoms with Crippen LogP contribution in [0.15, 0.2) is 29.8 Å². The summed E-state index contributed by atoms with van der Waals surface area (Å²) in [5.41, 5.74) is 6.31. The van der Waals surface area contributed by atoms with Crippen LogP contribution in [0.1, 0.15) is 5.56 Å². The molecule has 3 N–H and O–H groups in total. The summed E-state index contributed by atoms with van der Waals surface area (Å²) >= 11 is 0. The maximum atomic E-state index is 10.5. The number of hydrogen-bond donors (Lipinski definition) is 2. The van der Waals surface area contributed by atoms with Crippen LogP contribution in [0.25, 0.3) is 6.08 Å². The molecule has 4 heteroatoms. The highest BCUT2D eigenvalue weighted by Gasteiger charge is 2.04. The predicted molar refractivity (Wildman–Crippen MR) is 52.1 cm³/mol. The molecule has 0 spiro atoms. The van der Waals surface area contributed by atoms with Crippen molar-refractivity contribution in [3.63, 3.8) is 0 Å². The zero-order chi connectivity index (χ0) is 10.6. The fourth-order valence-corrected chi connectivity index (χ4v) is 0.957. The van der Waals surface area contributed by atoms with Crippen LogP contribution in [0.3, 0.4) is 0 Å². The van der Waals surface area contributed by atoms with Gasteiger partial charge in [0, 0.05) is 5.69 Å². The van der Waals surface area contributed by atoms with Gasteiger partial charge in [-0.15, -0.1) is 0 Å². The summed E-state index contributed by atoms with van der Waals surface area (Å²) in [4.78, 5) is 10.5. The summed E-state index contributed by atoms with van der Waals surface area (Å²) in [5, 5.41) is 17.1. The Morgan fingerprint density at radius 3 is 2.79 bits per heavy atom. The van der Waals surface area contributed by atoms with E-state index in [2.05, 4.69) is 0 Å². The number of aliphatic carboxylic acids is 1. The molecule has 0 radical (unpaired) electrons. The molecule has 14 heavy (non-hydrogen) atoms. The predicted octanol–water partition coefficient (Wildman–Crippen LogP) is 1.26. The molecule has 1 aromatic carbocycles. The van der Waals surface area contributed by atoms with Crippen molar-refractivity contribution in [3.05, 3.63) is 35.4 Å². The lowest BCUT2D eigenvalue weighted by molar-refractivity contribution is -0.132. The zero-order valence-corrected chi connectivity index (χ0v) is 7.27. The highest BCUT2D eigenvalue weighted by molar-refractivity contribution is 5.96. The minimum absolute atomic E-state index is 0.310. The van der Waals surface area contributed by atoms with Gasteiger partial charge in [-0.2, -0.15) is 5.26 Å². The van der Waals surface area contributed by atoms with E-state index in [4.69, 9.17) is 16.1 Å². The second-order valence-electron chi connectivity index (χ2n) is 2.65. The molecule has 0 aromatic heterocycles. The zero-order valence-electron chi connectivity index (χ0n) is 7.27. The monoisotopic (exact) mass is 188 g/mol. The van der Waals surface area contributed by atoms with Crippen LogP contribution in [0.4, 0.5) is 5.69 Å². The summed E-state index contributed by atoms with van der Waals surface area (Å²) in [6.45, 7) is 0. The molecule has 0 bridgehead atoms. The first-order valence-electron chi connectivity index (χ1n) is 3.84. The van der Waals surface area contributed by atoms with Crippen LogP contribution in [-0.4, -0.2) is 11.1 Å². The quantitative estimate of drug-likeness (QED) is 0.415. The van der Waals surface area contributed by atoms with Gasteiger partial charge in [-0.1, -0.05) is 12.1 Å².